The summed E-state index contributed by atoms with van der Waals surface area (Å²) < 4.78 is 1.91. The number of hydrogen-bond acceptors (Lipinski definition) is 2. The molecule has 0 aliphatic carbocycles. The van der Waals surface area contributed by atoms with Gasteiger partial charge in [0.2, 0.25) is 0 Å². The van der Waals surface area contributed by atoms with Gasteiger partial charge in [-0.15, -0.1) is 0 Å². The molecule has 0 saturated carbocycles. The van der Waals surface area contributed by atoms with Crippen LogP contribution in [0.3, 0.4) is 0 Å². The van der Waals surface area contributed by atoms with Gasteiger partial charge in [-0.05, 0) is 24.6 Å². The van der Waals surface area contributed by atoms with Gasteiger partial charge in [-0.25, -0.2) is 4.52 Å². The number of hydrogen-bond donors (Lipinski definition) is 1. The zero-order valence-electron chi connectivity index (χ0n) is 11.0. The minimum absolute atomic E-state index is 0.333. The van der Waals surface area contributed by atoms with E-state index in [-0.39, 0.29) is 0 Å². The molecule has 3 aromatic rings. The van der Waals surface area contributed by atoms with Gasteiger partial charge in [0.15, 0.2) is 0 Å². The summed E-state index contributed by atoms with van der Waals surface area (Å²) in [6, 6.07) is 16.9. The zero-order chi connectivity index (χ0) is 13.1. The van der Waals surface area contributed by atoms with Gasteiger partial charge in [0, 0.05) is 24.3 Å². The molecule has 2 heterocycles. The number of nitrogens with zero attached hydrogens (tertiary/aromatic N) is 2. The largest absolute Gasteiger partial charge is 0.306 e. The molecule has 1 atom stereocenters. The molecule has 0 bridgehead atoms. The molecule has 3 nitrogen and oxygen atoms in total. The van der Waals surface area contributed by atoms with Gasteiger partial charge in [-0.1, -0.05) is 36.4 Å². The van der Waals surface area contributed by atoms with Crippen molar-refractivity contribution in [2.24, 2.45) is 0 Å². The predicted molar refractivity (Wildman–Crippen MR) is 76.9 cm³/mol. The monoisotopic (exact) mass is 251 g/mol. The highest BCUT2D eigenvalue weighted by Gasteiger charge is 2.07. The Morgan fingerprint density at radius 1 is 1.11 bits per heavy atom. The highest BCUT2D eigenvalue weighted by molar-refractivity contribution is 5.53. The van der Waals surface area contributed by atoms with Crippen molar-refractivity contribution < 1.29 is 0 Å². The summed E-state index contributed by atoms with van der Waals surface area (Å²) >= 11 is 0. The van der Waals surface area contributed by atoms with E-state index < -0.39 is 0 Å². The molecule has 0 aliphatic rings. The molecular formula is C16H17N3. The summed E-state index contributed by atoms with van der Waals surface area (Å²) in [5.74, 6) is 0. The molecular weight excluding hydrogens is 234 g/mol. The average molecular weight is 251 g/mol. The minimum Gasteiger partial charge on any atom is -0.306 e. The number of aromatic nitrogens is 2. The summed E-state index contributed by atoms with van der Waals surface area (Å²) in [5, 5.41) is 7.89. The van der Waals surface area contributed by atoms with Crippen molar-refractivity contribution in [3.63, 3.8) is 0 Å². The maximum Gasteiger partial charge on any atom is 0.0706 e. The standard InChI is InChI=1S/C16H17N3/c1-13(14-7-3-2-4-8-14)17-11-15-12-18-19-10-6-5-9-16(15)19/h2-10,12-13,17H,11H2,1H3. The number of rotatable bonds is 4. The predicted octanol–water partition coefficient (Wildman–Crippen LogP) is 3.19. The molecule has 1 aromatic carbocycles. The van der Waals surface area contributed by atoms with E-state index in [2.05, 4.69) is 47.7 Å². The molecule has 0 saturated heterocycles. The van der Waals surface area contributed by atoms with Crippen LogP contribution in [0, 0.1) is 0 Å². The Labute approximate surface area is 112 Å². The number of benzene rings is 1. The molecule has 0 fully saturated rings. The van der Waals surface area contributed by atoms with Gasteiger partial charge in [0.1, 0.15) is 0 Å². The first-order chi connectivity index (χ1) is 9.34. The van der Waals surface area contributed by atoms with Crippen LogP contribution in [0.15, 0.2) is 60.9 Å². The normalized spacial score (nSPS) is 12.7. The number of pyridine rings is 1. The lowest BCUT2D eigenvalue weighted by molar-refractivity contribution is 0.576. The van der Waals surface area contributed by atoms with Gasteiger partial charge in [-0.3, -0.25) is 0 Å². The topological polar surface area (TPSA) is 29.3 Å². The summed E-state index contributed by atoms with van der Waals surface area (Å²) in [7, 11) is 0. The van der Waals surface area contributed by atoms with E-state index in [1.807, 2.05) is 35.1 Å². The molecule has 1 N–H and O–H groups in total. The van der Waals surface area contributed by atoms with Crippen molar-refractivity contribution in [2.45, 2.75) is 19.5 Å². The van der Waals surface area contributed by atoms with Crippen LogP contribution < -0.4 is 5.32 Å². The second-order valence-corrected chi connectivity index (χ2v) is 4.71. The van der Waals surface area contributed by atoms with Crippen molar-refractivity contribution in [2.75, 3.05) is 0 Å². The molecule has 0 aliphatic heterocycles. The van der Waals surface area contributed by atoms with Crippen LogP contribution in [0.25, 0.3) is 5.52 Å². The van der Waals surface area contributed by atoms with Crippen LogP contribution in [0.5, 0.6) is 0 Å². The maximum atomic E-state index is 4.35. The molecule has 96 valence electrons. The third-order valence-electron chi connectivity index (χ3n) is 3.40. The number of fused-ring (bicyclic) bond motifs is 1. The number of nitrogens with one attached hydrogen (secondary N) is 1. The smallest absolute Gasteiger partial charge is 0.0706 e. The lowest BCUT2D eigenvalue weighted by Gasteiger charge is -2.13. The van der Waals surface area contributed by atoms with E-state index in [4.69, 9.17) is 0 Å². The summed E-state index contributed by atoms with van der Waals surface area (Å²) in [5.41, 5.74) is 3.69. The second-order valence-electron chi connectivity index (χ2n) is 4.71. The average Bonchev–Trinajstić information content (AvgIpc) is 2.89. The van der Waals surface area contributed by atoms with Crippen molar-refractivity contribution >= 4 is 5.52 Å². The molecule has 3 heteroatoms. The highest BCUT2D eigenvalue weighted by atomic mass is 15.2. The molecule has 19 heavy (non-hydrogen) atoms. The summed E-state index contributed by atoms with van der Waals surface area (Å²) in [4.78, 5) is 0. The SMILES string of the molecule is CC(NCc1cnn2ccccc12)c1ccccc1. The fraction of sp³-hybridized carbons (Fsp3) is 0.188. The summed E-state index contributed by atoms with van der Waals surface area (Å²) in [6.45, 7) is 3.00. The Morgan fingerprint density at radius 2 is 1.89 bits per heavy atom. The van der Waals surface area contributed by atoms with E-state index in [1.54, 1.807) is 0 Å². The van der Waals surface area contributed by atoms with Crippen molar-refractivity contribution in [1.29, 1.82) is 0 Å². The van der Waals surface area contributed by atoms with Crippen molar-refractivity contribution in [3.8, 4) is 0 Å². The van der Waals surface area contributed by atoms with E-state index >= 15 is 0 Å². The Kier molecular flexibility index (Phi) is 3.29. The quantitative estimate of drug-likeness (QED) is 0.771. The van der Waals surface area contributed by atoms with Gasteiger partial charge < -0.3 is 5.32 Å². The third kappa shape index (κ3) is 2.51. The molecule has 1 unspecified atom stereocenters. The van der Waals surface area contributed by atoms with E-state index in [0.717, 1.165) is 12.1 Å². The minimum atomic E-state index is 0.333. The lowest BCUT2D eigenvalue weighted by atomic mass is 10.1. The van der Waals surface area contributed by atoms with E-state index in [0.29, 0.717) is 6.04 Å². The maximum absolute atomic E-state index is 4.35. The van der Waals surface area contributed by atoms with Crippen molar-refractivity contribution in [3.05, 3.63) is 72.1 Å². The Balaban J connectivity index is 1.73. The van der Waals surface area contributed by atoms with Crippen LogP contribution in [-0.2, 0) is 6.54 Å². The fourth-order valence-electron chi connectivity index (χ4n) is 2.25. The highest BCUT2D eigenvalue weighted by Crippen LogP contribution is 2.14. The van der Waals surface area contributed by atoms with Gasteiger partial charge in [0.25, 0.3) is 0 Å². The molecule has 0 radical (unpaired) electrons. The summed E-state index contributed by atoms with van der Waals surface area (Å²) in [6.07, 6.45) is 3.90. The van der Waals surface area contributed by atoms with Crippen LogP contribution >= 0.6 is 0 Å². The Bertz CT molecular complexity index is 658. The Hall–Kier alpha value is -2.13. The van der Waals surface area contributed by atoms with Crippen LogP contribution in [-0.4, -0.2) is 9.61 Å². The lowest BCUT2D eigenvalue weighted by Crippen LogP contribution is -2.17. The first-order valence-electron chi connectivity index (χ1n) is 6.54. The zero-order valence-corrected chi connectivity index (χ0v) is 11.0. The molecule has 3 rings (SSSR count). The van der Waals surface area contributed by atoms with Crippen LogP contribution in [0.4, 0.5) is 0 Å². The molecule has 0 amide bonds. The van der Waals surface area contributed by atoms with Gasteiger partial charge in [-0.2, -0.15) is 5.10 Å². The van der Waals surface area contributed by atoms with E-state index in [9.17, 15) is 0 Å². The Morgan fingerprint density at radius 3 is 2.74 bits per heavy atom. The fourth-order valence-corrected chi connectivity index (χ4v) is 2.25. The second kappa shape index (κ2) is 5.24. The van der Waals surface area contributed by atoms with Gasteiger partial charge in [0.05, 0.1) is 11.7 Å². The third-order valence-corrected chi connectivity index (χ3v) is 3.40. The van der Waals surface area contributed by atoms with Gasteiger partial charge >= 0.3 is 0 Å². The van der Waals surface area contributed by atoms with E-state index in [1.165, 1.54) is 11.1 Å². The first-order valence-corrected chi connectivity index (χ1v) is 6.54. The van der Waals surface area contributed by atoms with Crippen LogP contribution in [0.2, 0.25) is 0 Å². The molecule has 0 spiro atoms. The first kappa shape index (κ1) is 11.9. The van der Waals surface area contributed by atoms with Crippen LogP contribution in [0.1, 0.15) is 24.1 Å². The molecule has 2 aromatic heterocycles. The van der Waals surface area contributed by atoms with Crippen molar-refractivity contribution in [1.82, 2.24) is 14.9 Å².